The van der Waals surface area contributed by atoms with Crippen LogP contribution in [-0.4, -0.2) is 19.5 Å². The molecule has 2 heterocycles. The number of aromatic nitrogens is 3. The van der Waals surface area contributed by atoms with Gasteiger partial charge in [0.05, 0.1) is 23.8 Å². The zero-order chi connectivity index (χ0) is 14.2. The van der Waals surface area contributed by atoms with Gasteiger partial charge in [-0.05, 0) is 24.1 Å². The molecule has 4 heteroatoms. The minimum Gasteiger partial charge on any atom is -0.508 e. The summed E-state index contributed by atoms with van der Waals surface area (Å²) in [5.41, 5.74) is 4.82. The molecule has 0 amide bonds. The monoisotopic (exact) mass is 275 g/mol. The predicted molar refractivity (Wildman–Crippen MR) is 81.8 cm³/mol. The molecular weight excluding hydrogens is 262 g/mol. The molecule has 1 aromatic carbocycles. The Morgan fingerprint density at radius 2 is 2.10 bits per heavy atom. The third-order valence-corrected chi connectivity index (χ3v) is 3.64. The van der Waals surface area contributed by atoms with Crippen molar-refractivity contribution in [2.24, 2.45) is 0 Å². The number of imidazole rings is 1. The van der Waals surface area contributed by atoms with Crippen molar-refractivity contribution in [1.29, 1.82) is 0 Å². The van der Waals surface area contributed by atoms with Crippen molar-refractivity contribution in [3.05, 3.63) is 66.8 Å². The first-order valence-electron chi connectivity index (χ1n) is 6.80. The number of nitrogens with zero attached hydrogens (tertiary/aromatic N) is 3. The van der Waals surface area contributed by atoms with Gasteiger partial charge in [-0.2, -0.15) is 0 Å². The van der Waals surface area contributed by atoms with Crippen LogP contribution in [0.5, 0.6) is 5.75 Å². The van der Waals surface area contributed by atoms with E-state index < -0.39 is 0 Å². The second kappa shape index (κ2) is 4.59. The fourth-order valence-electron chi connectivity index (χ4n) is 2.57. The third kappa shape index (κ3) is 2.01. The van der Waals surface area contributed by atoms with E-state index in [1.807, 2.05) is 28.8 Å². The summed E-state index contributed by atoms with van der Waals surface area (Å²) in [6, 6.07) is 7.18. The normalized spacial score (nSPS) is 13.8. The Labute approximate surface area is 121 Å². The summed E-state index contributed by atoms with van der Waals surface area (Å²) in [5, 5.41) is 9.65. The number of aromatic hydroxyl groups is 1. The fourth-order valence-corrected chi connectivity index (χ4v) is 2.57. The Balaban J connectivity index is 1.88. The van der Waals surface area contributed by atoms with E-state index in [1.165, 1.54) is 5.57 Å². The zero-order valence-electron chi connectivity index (χ0n) is 11.3. The van der Waals surface area contributed by atoms with Gasteiger partial charge in [-0.3, -0.25) is 9.38 Å². The summed E-state index contributed by atoms with van der Waals surface area (Å²) >= 11 is 0. The molecule has 0 fully saturated rings. The van der Waals surface area contributed by atoms with Gasteiger partial charge in [-0.25, -0.2) is 4.98 Å². The Bertz CT molecular complexity index is 890. The number of fused-ring (bicyclic) bond motifs is 1. The second-order valence-corrected chi connectivity index (χ2v) is 5.02. The van der Waals surface area contributed by atoms with Crippen LogP contribution in [-0.2, 0) is 0 Å². The van der Waals surface area contributed by atoms with Crippen LogP contribution in [0, 0.1) is 0 Å². The number of phenolic OH excluding ortho intramolecular Hbond substituents is 1. The molecule has 4 nitrogen and oxygen atoms in total. The molecule has 102 valence electrons. The smallest absolute Gasteiger partial charge is 0.155 e. The molecule has 4 rings (SSSR count). The van der Waals surface area contributed by atoms with Gasteiger partial charge in [0.25, 0.3) is 0 Å². The van der Waals surface area contributed by atoms with Crippen molar-refractivity contribution >= 4 is 11.2 Å². The van der Waals surface area contributed by atoms with Gasteiger partial charge >= 0.3 is 0 Å². The van der Waals surface area contributed by atoms with Crippen molar-refractivity contribution in [3.63, 3.8) is 0 Å². The molecule has 3 aromatic rings. The number of benzene rings is 1. The van der Waals surface area contributed by atoms with Gasteiger partial charge in [0.15, 0.2) is 5.65 Å². The maximum absolute atomic E-state index is 9.65. The van der Waals surface area contributed by atoms with Crippen molar-refractivity contribution in [2.75, 3.05) is 0 Å². The first kappa shape index (κ1) is 11.9. The molecule has 0 saturated heterocycles. The molecule has 0 saturated carbocycles. The van der Waals surface area contributed by atoms with Gasteiger partial charge in [0.1, 0.15) is 5.75 Å². The molecule has 0 bridgehead atoms. The van der Waals surface area contributed by atoms with E-state index >= 15 is 0 Å². The van der Waals surface area contributed by atoms with E-state index in [9.17, 15) is 5.11 Å². The Morgan fingerprint density at radius 1 is 1.14 bits per heavy atom. The van der Waals surface area contributed by atoms with Crippen LogP contribution in [0.25, 0.3) is 22.5 Å². The van der Waals surface area contributed by atoms with E-state index in [0.29, 0.717) is 0 Å². The van der Waals surface area contributed by atoms with Gasteiger partial charge in [0, 0.05) is 11.8 Å². The van der Waals surface area contributed by atoms with Gasteiger partial charge < -0.3 is 5.11 Å². The largest absolute Gasteiger partial charge is 0.508 e. The molecular formula is C17H13N3O. The molecule has 0 atom stereocenters. The number of hydrogen-bond acceptors (Lipinski definition) is 3. The molecule has 21 heavy (non-hydrogen) atoms. The molecule has 1 aliphatic carbocycles. The van der Waals surface area contributed by atoms with E-state index in [-0.39, 0.29) is 5.75 Å². The quantitative estimate of drug-likeness (QED) is 0.779. The van der Waals surface area contributed by atoms with Crippen LogP contribution in [0.2, 0.25) is 0 Å². The summed E-state index contributed by atoms with van der Waals surface area (Å²) in [6.45, 7) is 0. The summed E-state index contributed by atoms with van der Waals surface area (Å²) in [4.78, 5) is 8.85. The Hall–Kier alpha value is -2.88. The minimum atomic E-state index is 0.249. The molecule has 0 unspecified atom stereocenters. The average Bonchev–Trinajstić information content (AvgIpc) is 3.16. The maximum atomic E-state index is 9.65. The molecule has 1 aliphatic rings. The second-order valence-electron chi connectivity index (χ2n) is 5.02. The lowest BCUT2D eigenvalue weighted by molar-refractivity contribution is 0.475. The van der Waals surface area contributed by atoms with Gasteiger partial charge in [-0.15, -0.1) is 0 Å². The maximum Gasteiger partial charge on any atom is 0.155 e. The van der Waals surface area contributed by atoms with E-state index in [1.54, 1.807) is 24.5 Å². The van der Waals surface area contributed by atoms with Crippen LogP contribution in [0.4, 0.5) is 0 Å². The first-order valence-corrected chi connectivity index (χ1v) is 6.80. The molecule has 2 aromatic heterocycles. The van der Waals surface area contributed by atoms with E-state index in [0.717, 1.165) is 29.0 Å². The Morgan fingerprint density at radius 3 is 2.90 bits per heavy atom. The highest BCUT2D eigenvalue weighted by atomic mass is 16.3. The molecule has 0 spiro atoms. The standard InChI is InChI=1S/C17H13N3O/c21-14-7-3-6-13(8-14)16-9-19-17-10-18-15(11-20(16)17)12-4-1-2-5-12/h1-4,6-11,21H,5H2. The lowest BCUT2D eigenvalue weighted by atomic mass is 10.1. The van der Waals surface area contributed by atoms with Crippen LogP contribution in [0.1, 0.15) is 12.1 Å². The molecule has 1 N–H and O–H groups in total. The molecule has 0 radical (unpaired) electrons. The van der Waals surface area contributed by atoms with Gasteiger partial charge in [0.2, 0.25) is 0 Å². The Kier molecular flexibility index (Phi) is 2.60. The van der Waals surface area contributed by atoms with Gasteiger partial charge in [-0.1, -0.05) is 30.4 Å². The summed E-state index contributed by atoms with van der Waals surface area (Å²) in [7, 11) is 0. The summed E-state index contributed by atoms with van der Waals surface area (Å²) in [6.07, 6.45) is 12.7. The average molecular weight is 275 g/mol. The number of rotatable bonds is 2. The highest BCUT2D eigenvalue weighted by molar-refractivity contribution is 5.70. The summed E-state index contributed by atoms with van der Waals surface area (Å²) < 4.78 is 2.01. The van der Waals surface area contributed by atoms with Crippen LogP contribution >= 0.6 is 0 Å². The van der Waals surface area contributed by atoms with Crippen molar-refractivity contribution in [1.82, 2.24) is 14.4 Å². The predicted octanol–water partition coefficient (Wildman–Crippen LogP) is 3.45. The fraction of sp³-hybridized carbons (Fsp3) is 0.0588. The van der Waals surface area contributed by atoms with Crippen molar-refractivity contribution in [2.45, 2.75) is 6.42 Å². The summed E-state index contributed by atoms with van der Waals surface area (Å²) in [5.74, 6) is 0.249. The first-order chi connectivity index (χ1) is 10.3. The van der Waals surface area contributed by atoms with Crippen LogP contribution in [0.15, 0.2) is 61.1 Å². The third-order valence-electron chi connectivity index (χ3n) is 3.64. The van der Waals surface area contributed by atoms with Crippen LogP contribution in [0.3, 0.4) is 0 Å². The van der Waals surface area contributed by atoms with E-state index in [4.69, 9.17) is 0 Å². The number of phenols is 1. The van der Waals surface area contributed by atoms with Crippen molar-refractivity contribution in [3.8, 4) is 17.0 Å². The SMILES string of the molecule is Oc1cccc(-c2cnc3cnc(C4=CC=CC4)cn23)c1. The zero-order valence-corrected chi connectivity index (χ0v) is 11.3. The van der Waals surface area contributed by atoms with Crippen LogP contribution < -0.4 is 0 Å². The number of allylic oxidation sites excluding steroid dienone is 4. The minimum absolute atomic E-state index is 0.249. The van der Waals surface area contributed by atoms with Crippen molar-refractivity contribution < 1.29 is 5.11 Å². The topological polar surface area (TPSA) is 50.4 Å². The lowest BCUT2D eigenvalue weighted by Gasteiger charge is -2.06. The van der Waals surface area contributed by atoms with E-state index in [2.05, 4.69) is 22.1 Å². The number of hydrogen-bond donors (Lipinski definition) is 1. The highest BCUT2D eigenvalue weighted by Crippen LogP contribution is 2.26. The lowest BCUT2D eigenvalue weighted by Crippen LogP contribution is -1.95. The highest BCUT2D eigenvalue weighted by Gasteiger charge is 2.10. The molecule has 0 aliphatic heterocycles.